The maximum atomic E-state index is 11.6. The Hall–Kier alpha value is -1.82. The van der Waals surface area contributed by atoms with E-state index in [2.05, 4.69) is 40.6 Å². The van der Waals surface area contributed by atoms with Gasteiger partial charge in [0, 0.05) is 31.6 Å². The third kappa shape index (κ3) is 2.33. The second-order valence-corrected chi connectivity index (χ2v) is 6.02. The van der Waals surface area contributed by atoms with Crippen molar-refractivity contribution in [2.45, 2.75) is 32.7 Å². The molecular weight excluding hydrogens is 290 g/mol. The lowest BCUT2D eigenvalue weighted by Gasteiger charge is -2.28. The Morgan fingerprint density at radius 3 is 2.90 bits per heavy atom. The molecule has 0 aromatic carbocycles. The molecule has 0 saturated carbocycles. The van der Waals surface area contributed by atoms with Crippen LogP contribution in [-0.2, 0) is 20.0 Å². The Bertz CT molecular complexity index is 733. The van der Waals surface area contributed by atoms with Gasteiger partial charge in [-0.15, -0.1) is 0 Å². The second-order valence-electron chi connectivity index (χ2n) is 5.65. The molecule has 1 aliphatic rings. The first-order chi connectivity index (χ1) is 9.99. The maximum Gasteiger partial charge on any atom is 0.285 e. The number of fused-ring (bicyclic) bond motifs is 1. The van der Waals surface area contributed by atoms with Gasteiger partial charge in [0.05, 0.1) is 24.1 Å². The van der Waals surface area contributed by atoms with Gasteiger partial charge in [0.2, 0.25) is 0 Å². The van der Waals surface area contributed by atoms with Gasteiger partial charge in [0.25, 0.3) is 5.56 Å². The van der Waals surface area contributed by atoms with Gasteiger partial charge in [-0.25, -0.2) is 10.1 Å². The van der Waals surface area contributed by atoms with Crippen LogP contribution >= 0.6 is 11.6 Å². The number of anilines is 1. The van der Waals surface area contributed by atoms with E-state index in [9.17, 15) is 4.79 Å². The predicted octanol–water partition coefficient (Wildman–Crippen LogP) is 1.84. The van der Waals surface area contributed by atoms with Gasteiger partial charge >= 0.3 is 0 Å². The number of imidazole rings is 1. The quantitative estimate of drug-likeness (QED) is 0.919. The van der Waals surface area contributed by atoms with Gasteiger partial charge in [0.1, 0.15) is 10.8 Å². The summed E-state index contributed by atoms with van der Waals surface area (Å²) in [5.41, 5.74) is 2.64. The molecule has 0 spiro atoms. The summed E-state index contributed by atoms with van der Waals surface area (Å²) in [6, 6.07) is 0. The molecule has 0 unspecified atom stereocenters. The van der Waals surface area contributed by atoms with Crippen LogP contribution in [0.4, 0.5) is 5.69 Å². The molecule has 0 bridgehead atoms. The Balaban J connectivity index is 1.96. The Kier molecular flexibility index (Phi) is 3.49. The molecule has 1 N–H and O–H groups in total. The molecule has 7 heteroatoms. The van der Waals surface area contributed by atoms with E-state index in [0.29, 0.717) is 18.2 Å². The van der Waals surface area contributed by atoms with Crippen LogP contribution in [0.3, 0.4) is 0 Å². The van der Waals surface area contributed by atoms with Crippen molar-refractivity contribution in [1.29, 1.82) is 0 Å². The van der Waals surface area contributed by atoms with Gasteiger partial charge in [-0.3, -0.25) is 4.79 Å². The number of halogens is 1. The van der Waals surface area contributed by atoms with Gasteiger partial charge in [-0.2, -0.15) is 5.10 Å². The molecule has 0 atom stereocenters. The first-order valence-corrected chi connectivity index (χ1v) is 7.39. The number of H-pyrrole nitrogens is 1. The molecule has 2 aromatic heterocycles. The topological polar surface area (TPSA) is 66.8 Å². The van der Waals surface area contributed by atoms with Crippen molar-refractivity contribution in [3.05, 3.63) is 38.8 Å². The smallest absolute Gasteiger partial charge is 0.285 e. The first-order valence-electron chi connectivity index (χ1n) is 7.01. The molecule has 3 heterocycles. The summed E-state index contributed by atoms with van der Waals surface area (Å²) >= 11 is 6.09. The molecule has 1 aliphatic heterocycles. The third-order valence-corrected chi connectivity index (χ3v) is 4.29. The van der Waals surface area contributed by atoms with Gasteiger partial charge in [0.15, 0.2) is 0 Å². The molecule has 3 rings (SSSR count). The fraction of sp³-hybridized carbons (Fsp3) is 0.500. The molecule has 112 valence electrons. The summed E-state index contributed by atoms with van der Waals surface area (Å²) in [7, 11) is 2.07. The van der Waals surface area contributed by atoms with E-state index in [1.54, 1.807) is 6.20 Å². The van der Waals surface area contributed by atoms with Crippen LogP contribution in [-0.4, -0.2) is 26.3 Å². The van der Waals surface area contributed by atoms with Gasteiger partial charge in [-0.1, -0.05) is 25.4 Å². The van der Waals surface area contributed by atoms with Crippen LogP contribution < -0.4 is 10.5 Å². The van der Waals surface area contributed by atoms with E-state index in [4.69, 9.17) is 16.6 Å². The Morgan fingerprint density at radius 1 is 1.43 bits per heavy atom. The summed E-state index contributed by atoms with van der Waals surface area (Å²) in [5.74, 6) is 1.48. The maximum absolute atomic E-state index is 11.6. The summed E-state index contributed by atoms with van der Waals surface area (Å²) in [6.45, 7) is 5.74. The number of rotatable bonds is 2. The number of nitrogens with one attached hydrogen (secondary N) is 1. The molecule has 2 aromatic rings. The minimum Gasteiger partial charge on any atom is -0.362 e. The number of hydrogen-bond acceptors (Lipinski definition) is 4. The highest BCUT2D eigenvalue weighted by Gasteiger charge is 2.25. The summed E-state index contributed by atoms with van der Waals surface area (Å²) in [4.78, 5) is 18.4. The van der Waals surface area contributed by atoms with Crippen LogP contribution in [0.2, 0.25) is 5.02 Å². The van der Waals surface area contributed by atoms with Crippen molar-refractivity contribution >= 4 is 17.3 Å². The minimum atomic E-state index is -0.358. The first kappa shape index (κ1) is 14.1. The van der Waals surface area contributed by atoms with E-state index >= 15 is 0 Å². The number of nitrogens with zero attached hydrogens (tertiary/aromatic N) is 4. The highest BCUT2D eigenvalue weighted by Crippen LogP contribution is 2.28. The second kappa shape index (κ2) is 5.18. The summed E-state index contributed by atoms with van der Waals surface area (Å²) in [6.07, 6.45) is 2.48. The largest absolute Gasteiger partial charge is 0.362 e. The summed E-state index contributed by atoms with van der Waals surface area (Å²) in [5, 5.41) is 6.37. The van der Waals surface area contributed by atoms with Crippen molar-refractivity contribution in [2.75, 3.05) is 11.4 Å². The Labute approximate surface area is 127 Å². The van der Waals surface area contributed by atoms with Gasteiger partial charge < -0.3 is 9.47 Å². The average molecular weight is 308 g/mol. The van der Waals surface area contributed by atoms with Gasteiger partial charge in [-0.05, 0) is 0 Å². The zero-order valence-corrected chi connectivity index (χ0v) is 13.1. The molecule has 21 heavy (non-hydrogen) atoms. The molecule has 0 aliphatic carbocycles. The van der Waals surface area contributed by atoms with E-state index < -0.39 is 0 Å². The molecular formula is C14H18ClN5O. The van der Waals surface area contributed by atoms with Crippen LogP contribution in [0, 0.1) is 0 Å². The standard InChI is InChI=1S/C14H18ClN5O/c1-8(2)13-17-9-7-20(5-4-10(9)19(13)3)11-6-16-18-14(21)12(11)15/h6,8H,4-5,7H2,1-3H3,(H,18,21). The van der Waals surface area contributed by atoms with E-state index in [-0.39, 0.29) is 10.6 Å². The number of aromatic nitrogens is 4. The number of hydrogen-bond donors (Lipinski definition) is 1. The zero-order chi connectivity index (χ0) is 15.1. The van der Waals surface area contributed by atoms with Crippen molar-refractivity contribution in [3.63, 3.8) is 0 Å². The van der Waals surface area contributed by atoms with Crippen molar-refractivity contribution < 1.29 is 0 Å². The average Bonchev–Trinajstić information content (AvgIpc) is 2.79. The number of aromatic amines is 1. The van der Waals surface area contributed by atoms with E-state index in [1.165, 1.54) is 5.69 Å². The lowest BCUT2D eigenvalue weighted by atomic mass is 10.1. The molecule has 0 amide bonds. The minimum absolute atomic E-state index is 0.188. The normalized spacial score (nSPS) is 14.6. The van der Waals surface area contributed by atoms with E-state index in [1.807, 2.05) is 0 Å². The molecule has 6 nitrogen and oxygen atoms in total. The van der Waals surface area contributed by atoms with Crippen molar-refractivity contribution in [1.82, 2.24) is 19.7 Å². The van der Waals surface area contributed by atoms with Crippen LogP contribution in [0.1, 0.15) is 37.0 Å². The third-order valence-electron chi connectivity index (χ3n) is 3.92. The molecule has 0 radical (unpaired) electrons. The highest BCUT2D eigenvalue weighted by molar-refractivity contribution is 6.32. The van der Waals surface area contributed by atoms with Crippen LogP contribution in [0.25, 0.3) is 0 Å². The SMILES string of the molecule is CC(C)c1nc2c(n1C)CCN(c1cn[nH]c(=O)c1Cl)C2. The lowest BCUT2D eigenvalue weighted by Crippen LogP contribution is -2.32. The fourth-order valence-corrected chi connectivity index (χ4v) is 3.08. The van der Waals surface area contributed by atoms with Crippen LogP contribution in [0.5, 0.6) is 0 Å². The van der Waals surface area contributed by atoms with E-state index in [0.717, 1.165) is 24.5 Å². The van der Waals surface area contributed by atoms with Crippen molar-refractivity contribution in [2.24, 2.45) is 7.05 Å². The van der Waals surface area contributed by atoms with Crippen LogP contribution in [0.15, 0.2) is 11.0 Å². The zero-order valence-electron chi connectivity index (χ0n) is 12.4. The van der Waals surface area contributed by atoms with Crippen molar-refractivity contribution in [3.8, 4) is 0 Å². The Morgan fingerprint density at radius 2 is 2.19 bits per heavy atom. The monoisotopic (exact) mass is 307 g/mol. The lowest BCUT2D eigenvalue weighted by molar-refractivity contribution is 0.661. The fourth-order valence-electron chi connectivity index (χ4n) is 2.87. The predicted molar refractivity (Wildman–Crippen MR) is 81.9 cm³/mol. The summed E-state index contributed by atoms with van der Waals surface area (Å²) < 4.78 is 2.19. The highest BCUT2D eigenvalue weighted by atomic mass is 35.5. The molecule has 0 saturated heterocycles. The molecule has 0 fully saturated rings.